The van der Waals surface area contributed by atoms with E-state index in [0.29, 0.717) is 18.0 Å². The molecule has 0 saturated carbocycles. The van der Waals surface area contributed by atoms with Crippen LogP contribution in [0.15, 0.2) is 18.2 Å². The SMILES string of the molecule is CC(C)C(=O)N1C[C@@H](c2cc(F)cc(F)c2)[C@@H]2[C@H]1C1CCN2CC1. The lowest BCUT2D eigenvalue weighted by molar-refractivity contribution is -0.139. The van der Waals surface area contributed by atoms with E-state index in [2.05, 4.69) is 4.90 Å². The summed E-state index contributed by atoms with van der Waals surface area (Å²) in [4.78, 5) is 17.2. The smallest absolute Gasteiger partial charge is 0.225 e. The van der Waals surface area contributed by atoms with Gasteiger partial charge in [0.2, 0.25) is 5.91 Å². The lowest BCUT2D eigenvalue weighted by Crippen LogP contribution is -2.61. The van der Waals surface area contributed by atoms with Crippen LogP contribution in [0.4, 0.5) is 8.78 Å². The van der Waals surface area contributed by atoms with Crippen LogP contribution in [0.1, 0.15) is 38.2 Å². The topological polar surface area (TPSA) is 23.6 Å². The highest BCUT2D eigenvalue weighted by atomic mass is 19.1. The van der Waals surface area contributed by atoms with E-state index in [1.54, 1.807) is 0 Å². The standard InChI is InChI=1S/C19H24F2N2O/c1-11(2)19(24)23-10-16(13-7-14(20)9-15(21)8-13)18-17(23)12-3-5-22(18)6-4-12/h7-9,11-12,16-18H,3-6,10H2,1-2H3/t16-,17+,18+/m0/s1. The number of nitrogens with zero attached hydrogens (tertiary/aromatic N) is 2. The first-order valence-corrected chi connectivity index (χ1v) is 8.96. The molecule has 4 aliphatic rings. The van der Waals surface area contributed by atoms with Gasteiger partial charge < -0.3 is 4.90 Å². The summed E-state index contributed by atoms with van der Waals surface area (Å²) < 4.78 is 27.5. The van der Waals surface area contributed by atoms with E-state index in [0.717, 1.165) is 32.0 Å². The van der Waals surface area contributed by atoms with Crippen molar-refractivity contribution in [3.05, 3.63) is 35.4 Å². The molecule has 1 amide bonds. The van der Waals surface area contributed by atoms with E-state index in [1.165, 1.54) is 12.1 Å². The molecule has 5 heteroatoms. The number of likely N-dealkylation sites (tertiary alicyclic amines) is 1. The van der Waals surface area contributed by atoms with Gasteiger partial charge in [0.05, 0.1) is 6.04 Å². The molecule has 0 unspecified atom stereocenters. The lowest BCUT2D eigenvalue weighted by Gasteiger charge is -2.51. The van der Waals surface area contributed by atoms with Crippen molar-refractivity contribution < 1.29 is 13.6 Å². The zero-order valence-electron chi connectivity index (χ0n) is 14.2. The number of piperidine rings is 3. The third-order valence-corrected chi connectivity index (χ3v) is 6.08. The molecule has 24 heavy (non-hydrogen) atoms. The Hall–Kier alpha value is -1.49. The Balaban J connectivity index is 1.73. The van der Waals surface area contributed by atoms with Crippen molar-refractivity contribution in [2.45, 2.75) is 44.7 Å². The second-order valence-electron chi connectivity index (χ2n) is 7.81. The number of amides is 1. The Labute approximate surface area is 141 Å². The molecule has 4 aliphatic heterocycles. The zero-order valence-corrected chi connectivity index (χ0v) is 14.2. The molecule has 1 aromatic carbocycles. The minimum absolute atomic E-state index is 0.00833. The highest BCUT2D eigenvalue weighted by Crippen LogP contribution is 2.47. The highest BCUT2D eigenvalue weighted by Gasteiger charge is 2.54. The molecule has 0 radical (unpaired) electrons. The normalized spacial score (nSPS) is 34.7. The lowest BCUT2D eigenvalue weighted by atomic mass is 9.75. The number of rotatable bonds is 2. The number of hydrogen-bond acceptors (Lipinski definition) is 2. The summed E-state index contributed by atoms with van der Waals surface area (Å²) in [6.45, 7) is 6.48. The minimum Gasteiger partial charge on any atom is -0.337 e. The fourth-order valence-corrected chi connectivity index (χ4v) is 5.09. The van der Waals surface area contributed by atoms with E-state index >= 15 is 0 Å². The predicted octanol–water partition coefficient (Wildman–Crippen LogP) is 3.01. The highest BCUT2D eigenvalue weighted by molar-refractivity contribution is 5.79. The number of fused-ring (bicyclic) bond motifs is 2. The first-order valence-electron chi connectivity index (χ1n) is 8.96. The Morgan fingerprint density at radius 1 is 1.08 bits per heavy atom. The number of hydrogen-bond donors (Lipinski definition) is 0. The molecule has 0 spiro atoms. The van der Waals surface area contributed by atoms with Crippen LogP contribution in [0.2, 0.25) is 0 Å². The predicted molar refractivity (Wildman–Crippen MR) is 87.5 cm³/mol. The monoisotopic (exact) mass is 334 g/mol. The van der Waals surface area contributed by atoms with E-state index in [1.807, 2.05) is 18.7 Å². The maximum absolute atomic E-state index is 13.7. The molecule has 3 nitrogen and oxygen atoms in total. The molecular weight excluding hydrogens is 310 g/mol. The molecule has 0 N–H and O–H groups in total. The summed E-state index contributed by atoms with van der Waals surface area (Å²) in [6.07, 6.45) is 2.24. The molecule has 0 aromatic heterocycles. The van der Waals surface area contributed by atoms with Crippen LogP contribution >= 0.6 is 0 Å². The van der Waals surface area contributed by atoms with Crippen molar-refractivity contribution in [2.24, 2.45) is 11.8 Å². The van der Waals surface area contributed by atoms with E-state index in [-0.39, 0.29) is 29.8 Å². The summed E-state index contributed by atoms with van der Waals surface area (Å²) in [5.41, 5.74) is 0.689. The van der Waals surface area contributed by atoms with Gasteiger partial charge in [-0.2, -0.15) is 0 Å². The van der Waals surface area contributed by atoms with Crippen LogP contribution in [-0.4, -0.2) is 47.4 Å². The molecule has 4 heterocycles. The molecule has 5 rings (SSSR count). The molecule has 1 aromatic rings. The van der Waals surface area contributed by atoms with E-state index in [9.17, 15) is 13.6 Å². The molecule has 4 saturated heterocycles. The molecule has 3 atom stereocenters. The Kier molecular flexibility index (Phi) is 3.87. The molecule has 2 bridgehead atoms. The van der Waals surface area contributed by atoms with Gasteiger partial charge in [-0.25, -0.2) is 8.78 Å². The summed E-state index contributed by atoms with van der Waals surface area (Å²) >= 11 is 0. The quantitative estimate of drug-likeness (QED) is 0.830. The van der Waals surface area contributed by atoms with Crippen LogP contribution in [-0.2, 0) is 4.79 Å². The number of halogens is 2. The number of carbonyl (C=O) groups excluding carboxylic acids is 1. The summed E-state index contributed by atoms with van der Waals surface area (Å²) in [5, 5.41) is 0. The average Bonchev–Trinajstić information content (AvgIpc) is 2.97. The minimum atomic E-state index is -0.536. The summed E-state index contributed by atoms with van der Waals surface area (Å²) in [5.74, 6) is -0.448. The van der Waals surface area contributed by atoms with E-state index < -0.39 is 11.6 Å². The van der Waals surface area contributed by atoms with Gasteiger partial charge in [0.15, 0.2) is 0 Å². The van der Waals surface area contributed by atoms with Crippen molar-refractivity contribution in [3.63, 3.8) is 0 Å². The van der Waals surface area contributed by atoms with Crippen molar-refractivity contribution in [2.75, 3.05) is 19.6 Å². The summed E-state index contributed by atoms with van der Waals surface area (Å²) in [6, 6.07) is 4.19. The zero-order chi connectivity index (χ0) is 17.0. The van der Waals surface area contributed by atoms with Crippen LogP contribution in [0.3, 0.4) is 0 Å². The van der Waals surface area contributed by atoms with E-state index in [4.69, 9.17) is 0 Å². The third kappa shape index (κ3) is 2.44. The van der Waals surface area contributed by atoms with Gasteiger partial charge in [-0.3, -0.25) is 9.69 Å². The second kappa shape index (κ2) is 5.80. The average molecular weight is 334 g/mol. The molecule has 130 valence electrons. The van der Waals surface area contributed by atoms with Crippen LogP contribution in [0.25, 0.3) is 0 Å². The largest absolute Gasteiger partial charge is 0.337 e. The van der Waals surface area contributed by atoms with Crippen LogP contribution in [0, 0.1) is 23.5 Å². The van der Waals surface area contributed by atoms with Gasteiger partial charge >= 0.3 is 0 Å². The van der Waals surface area contributed by atoms with Crippen molar-refractivity contribution in [1.29, 1.82) is 0 Å². The van der Waals surface area contributed by atoms with Gasteiger partial charge in [0, 0.05) is 30.5 Å². The second-order valence-corrected chi connectivity index (χ2v) is 7.81. The van der Waals surface area contributed by atoms with Gasteiger partial charge in [-0.15, -0.1) is 0 Å². The summed E-state index contributed by atoms with van der Waals surface area (Å²) in [7, 11) is 0. The molecule has 0 aliphatic carbocycles. The van der Waals surface area contributed by atoms with Crippen LogP contribution < -0.4 is 0 Å². The first kappa shape index (κ1) is 16.0. The molecule has 4 fully saturated rings. The van der Waals surface area contributed by atoms with Crippen molar-refractivity contribution in [1.82, 2.24) is 9.80 Å². The molecular formula is C19H24F2N2O. The third-order valence-electron chi connectivity index (χ3n) is 6.08. The van der Waals surface area contributed by atoms with Gasteiger partial charge in [0.25, 0.3) is 0 Å². The van der Waals surface area contributed by atoms with Crippen molar-refractivity contribution >= 4 is 5.91 Å². The fraction of sp³-hybridized carbons (Fsp3) is 0.632. The van der Waals surface area contributed by atoms with Gasteiger partial charge in [-0.1, -0.05) is 13.8 Å². The fourth-order valence-electron chi connectivity index (χ4n) is 5.09. The number of carbonyl (C=O) groups is 1. The maximum Gasteiger partial charge on any atom is 0.225 e. The van der Waals surface area contributed by atoms with Gasteiger partial charge in [-0.05, 0) is 49.5 Å². The first-order chi connectivity index (χ1) is 11.5. The Morgan fingerprint density at radius 3 is 2.29 bits per heavy atom. The Morgan fingerprint density at radius 2 is 1.71 bits per heavy atom. The number of benzene rings is 1. The Bertz CT molecular complexity index is 635. The maximum atomic E-state index is 13.7. The van der Waals surface area contributed by atoms with Crippen LogP contribution in [0.5, 0.6) is 0 Å². The van der Waals surface area contributed by atoms with Crippen molar-refractivity contribution in [3.8, 4) is 0 Å². The van der Waals surface area contributed by atoms with Gasteiger partial charge in [0.1, 0.15) is 11.6 Å².